The Morgan fingerprint density at radius 3 is 2.51 bits per heavy atom. The second-order valence-corrected chi connectivity index (χ2v) is 10.6. The number of carboxylic acid groups (broad SMARTS) is 1. The zero-order valence-electron chi connectivity index (χ0n) is 22.4. The molecule has 2 fully saturated rings. The predicted octanol–water partition coefficient (Wildman–Crippen LogP) is 5.62. The second-order valence-electron chi connectivity index (χ2n) is 10.6. The number of carbonyl (C=O) groups excluding carboxylic acids is 1. The largest absolute Gasteiger partial charge is 0.504 e. The van der Waals surface area contributed by atoms with E-state index in [1.165, 1.54) is 16.7 Å². The van der Waals surface area contributed by atoms with Gasteiger partial charge in [0.2, 0.25) is 0 Å². The molecule has 3 aliphatic rings. The van der Waals surface area contributed by atoms with E-state index in [1.54, 1.807) is 6.92 Å². The Kier molecular flexibility index (Phi) is 7.77. The van der Waals surface area contributed by atoms with Crippen LogP contribution in [0.4, 0.5) is 0 Å². The lowest BCUT2D eigenvalue weighted by Crippen LogP contribution is -2.34. The molecule has 0 unspecified atom stereocenters. The van der Waals surface area contributed by atoms with Gasteiger partial charge in [-0.05, 0) is 49.8 Å². The first kappa shape index (κ1) is 27.0. The molecule has 1 aromatic carbocycles. The molecule has 5 rings (SSSR count). The summed E-state index contributed by atoms with van der Waals surface area (Å²) in [6.07, 6.45) is 11.3. The van der Waals surface area contributed by atoms with Gasteiger partial charge in [0.05, 0.1) is 24.8 Å². The van der Waals surface area contributed by atoms with E-state index < -0.39 is 17.5 Å². The number of nitrogens with zero attached hydrogens (tertiary/aromatic N) is 2. The highest BCUT2D eigenvalue weighted by Gasteiger charge is 2.62. The van der Waals surface area contributed by atoms with Crippen LogP contribution in [0, 0.1) is 6.92 Å². The summed E-state index contributed by atoms with van der Waals surface area (Å²) in [5, 5.41) is 19.2. The number of aromatic nitrogens is 2. The Morgan fingerprint density at radius 1 is 1.05 bits per heavy atom. The van der Waals surface area contributed by atoms with Crippen molar-refractivity contribution < 1.29 is 29.3 Å². The van der Waals surface area contributed by atoms with Crippen LogP contribution in [-0.4, -0.2) is 50.9 Å². The molecule has 2 aliphatic carbocycles. The Bertz CT molecular complexity index is 1350. The first-order valence-electron chi connectivity index (χ1n) is 13.5. The van der Waals surface area contributed by atoms with Gasteiger partial charge in [0.25, 0.3) is 0 Å². The molecule has 1 spiro atoms. The minimum atomic E-state index is -0.968. The van der Waals surface area contributed by atoms with Crippen molar-refractivity contribution in [3.63, 3.8) is 0 Å². The summed E-state index contributed by atoms with van der Waals surface area (Å²) in [4.78, 5) is 32.2. The van der Waals surface area contributed by atoms with E-state index in [4.69, 9.17) is 14.6 Å². The number of aromatic hydroxyl groups is 1. The van der Waals surface area contributed by atoms with Crippen molar-refractivity contribution in [1.82, 2.24) is 9.97 Å². The van der Waals surface area contributed by atoms with Crippen molar-refractivity contribution in [1.29, 1.82) is 0 Å². The molecule has 1 atom stereocenters. The molecule has 1 saturated carbocycles. The number of Topliss-reactive ketones (excluding diaryl/α,β-unsaturated/α-hetero) is 1. The molecular weight excluding hydrogens is 496 g/mol. The van der Waals surface area contributed by atoms with Crippen molar-refractivity contribution in [2.45, 2.75) is 70.0 Å². The predicted molar refractivity (Wildman–Crippen MR) is 146 cm³/mol. The maximum atomic E-state index is 12.6. The lowest BCUT2D eigenvalue weighted by molar-refractivity contribution is -0.213. The van der Waals surface area contributed by atoms with Crippen LogP contribution in [0.2, 0.25) is 0 Å². The smallest absolute Gasteiger partial charge is 0.303 e. The summed E-state index contributed by atoms with van der Waals surface area (Å²) in [6.45, 7) is 4.81. The molecule has 2 heterocycles. The number of rotatable bonds is 8. The molecule has 8 heteroatoms. The summed E-state index contributed by atoms with van der Waals surface area (Å²) in [7, 11) is 0. The van der Waals surface area contributed by atoms with E-state index in [9.17, 15) is 14.7 Å². The van der Waals surface area contributed by atoms with E-state index >= 15 is 0 Å². The number of hydrogen-bond acceptors (Lipinski definition) is 7. The molecule has 1 saturated heterocycles. The summed E-state index contributed by atoms with van der Waals surface area (Å²) in [6, 6.07) is 8.62. The molecule has 204 valence electrons. The van der Waals surface area contributed by atoms with Gasteiger partial charge in [-0.3, -0.25) is 9.59 Å². The van der Waals surface area contributed by atoms with Gasteiger partial charge in [0.1, 0.15) is 5.82 Å². The lowest BCUT2D eigenvalue weighted by Gasteiger charge is -2.31. The van der Waals surface area contributed by atoms with Gasteiger partial charge in [-0.25, -0.2) is 9.97 Å². The first-order valence-corrected chi connectivity index (χ1v) is 13.5. The molecule has 39 heavy (non-hydrogen) atoms. The Balaban J connectivity index is 1.23. The number of ketones is 1. The Hall–Kier alpha value is -3.62. The minimum absolute atomic E-state index is 0.0107. The van der Waals surface area contributed by atoms with Gasteiger partial charge < -0.3 is 19.7 Å². The highest BCUT2D eigenvalue weighted by atomic mass is 16.7. The van der Waals surface area contributed by atoms with Crippen molar-refractivity contribution in [2.24, 2.45) is 0 Å². The first-order chi connectivity index (χ1) is 18.8. The third kappa shape index (κ3) is 5.87. The lowest BCUT2D eigenvalue weighted by atomic mass is 9.93. The van der Waals surface area contributed by atoms with Crippen LogP contribution in [-0.2, 0) is 14.3 Å². The van der Waals surface area contributed by atoms with Crippen LogP contribution in [0.15, 0.2) is 54.1 Å². The summed E-state index contributed by atoms with van der Waals surface area (Å²) in [5.74, 6) is -2.18. The summed E-state index contributed by atoms with van der Waals surface area (Å²) < 4.78 is 12.4. The van der Waals surface area contributed by atoms with Crippen molar-refractivity contribution in [3.05, 3.63) is 82.5 Å². The third-order valence-electron chi connectivity index (χ3n) is 7.71. The molecule has 2 aromatic rings. The maximum Gasteiger partial charge on any atom is 0.303 e. The molecule has 1 aromatic heterocycles. The number of ether oxygens (including phenoxy) is 2. The van der Waals surface area contributed by atoms with E-state index in [0.29, 0.717) is 31.2 Å². The molecule has 0 amide bonds. The van der Waals surface area contributed by atoms with Gasteiger partial charge in [0, 0.05) is 25.2 Å². The number of allylic oxidation sites excluding steroid dienone is 6. The van der Waals surface area contributed by atoms with Crippen LogP contribution >= 0.6 is 0 Å². The number of hydrogen-bond donors (Lipinski definition) is 2. The van der Waals surface area contributed by atoms with Crippen molar-refractivity contribution in [2.75, 3.05) is 13.2 Å². The fraction of sp³-hybridized carbons (Fsp3) is 0.419. The van der Waals surface area contributed by atoms with Crippen molar-refractivity contribution in [3.8, 4) is 5.75 Å². The molecule has 1 aliphatic heterocycles. The molecule has 8 nitrogen and oxygen atoms in total. The quantitative estimate of drug-likeness (QED) is 0.422. The number of aliphatic carboxylic acids is 1. The van der Waals surface area contributed by atoms with Crippen LogP contribution < -0.4 is 0 Å². The average Bonchev–Trinajstić information content (AvgIpc) is 3.61. The standard InChI is InChI=1S/C31H34N2O6/c1-19-8-5-3-4-6-9-24(19)22-14-12-21(13-15-22)23-17-38-31(39-18-23)16-25(31)30-32-20(2)29(37)28(33-30)26(34)10-7-11-27(35)36/h3-4,6,9,12-15,23,25,37H,5,7-8,10-11,16-18H2,1-2H3,(H,35,36)/t23?,25-,31?/m0/s1. The highest BCUT2D eigenvalue weighted by molar-refractivity contribution is 5.97. The van der Waals surface area contributed by atoms with Gasteiger partial charge >= 0.3 is 5.97 Å². The topological polar surface area (TPSA) is 119 Å². The highest BCUT2D eigenvalue weighted by Crippen LogP contribution is 2.56. The molecule has 2 N–H and O–H groups in total. The second kappa shape index (κ2) is 11.2. The van der Waals surface area contributed by atoms with Gasteiger partial charge in [-0.1, -0.05) is 54.1 Å². The SMILES string of the molecule is CC1=C(c2ccc(C3COC4(C[C@H]4c4nc(C)c(O)c(C(=O)CCCC(=O)O)n4)OC3)cc2)C=CC=CCC1. The zero-order chi connectivity index (χ0) is 27.6. The third-order valence-corrected chi connectivity index (χ3v) is 7.71. The van der Waals surface area contributed by atoms with Gasteiger partial charge in [0.15, 0.2) is 23.0 Å². The normalized spacial score (nSPS) is 24.5. The average molecular weight is 531 g/mol. The summed E-state index contributed by atoms with van der Waals surface area (Å²) >= 11 is 0. The van der Waals surface area contributed by atoms with E-state index in [-0.39, 0.29) is 42.5 Å². The van der Waals surface area contributed by atoms with Crippen LogP contribution in [0.25, 0.3) is 5.57 Å². The number of carboxylic acids is 1. The number of aryl methyl sites for hydroxylation is 1. The minimum Gasteiger partial charge on any atom is -0.504 e. The Morgan fingerprint density at radius 2 is 1.79 bits per heavy atom. The van der Waals surface area contributed by atoms with Crippen LogP contribution in [0.3, 0.4) is 0 Å². The Labute approximate surface area is 228 Å². The summed E-state index contributed by atoms with van der Waals surface area (Å²) in [5.41, 5.74) is 5.24. The van der Waals surface area contributed by atoms with E-state index in [0.717, 1.165) is 18.4 Å². The maximum absolute atomic E-state index is 12.6. The van der Waals surface area contributed by atoms with E-state index in [2.05, 4.69) is 65.5 Å². The van der Waals surface area contributed by atoms with Crippen LogP contribution in [0.5, 0.6) is 5.75 Å². The van der Waals surface area contributed by atoms with Gasteiger partial charge in [-0.15, -0.1) is 0 Å². The molecular formula is C31H34N2O6. The van der Waals surface area contributed by atoms with Crippen molar-refractivity contribution >= 4 is 17.3 Å². The fourth-order valence-electron chi connectivity index (χ4n) is 5.24. The number of benzene rings is 1. The van der Waals surface area contributed by atoms with Crippen LogP contribution in [0.1, 0.15) is 90.4 Å². The molecule has 0 radical (unpaired) electrons. The van der Waals surface area contributed by atoms with E-state index in [1.807, 2.05) is 0 Å². The number of carbonyl (C=O) groups is 2. The fourth-order valence-corrected chi connectivity index (χ4v) is 5.24. The molecule has 0 bridgehead atoms. The monoisotopic (exact) mass is 530 g/mol. The van der Waals surface area contributed by atoms with Gasteiger partial charge in [-0.2, -0.15) is 0 Å². The zero-order valence-corrected chi connectivity index (χ0v) is 22.4.